The van der Waals surface area contributed by atoms with Gasteiger partial charge in [0.15, 0.2) is 0 Å². The molecule has 0 fully saturated rings. The summed E-state index contributed by atoms with van der Waals surface area (Å²) < 4.78 is 5.41. The minimum Gasteiger partial charge on any atom is -0.489 e. The quantitative estimate of drug-likeness (QED) is 0.248. The topological polar surface area (TPSA) is 29.5 Å². The predicted molar refractivity (Wildman–Crippen MR) is 87.8 cm³/mol. The Morgan fingerprint density at radius 2 is 1.40 bits per heavy atom. The Balaban J connectivity index is 3.50. The molecule has 0 amide bonds. The van der Waals surface area contributed by atoms with Gasteiger partial charge in [-0.15, -0.1) is 0 Å². The number of aliphatic hydroxyl groups excluding tert-OH is 1. The fourth-order valence-corrected chi connectivity index (χ4v) is 2.47. The van der Waals surface area contributed by atoms with Crippen molar-refractivity contribution in [1.29, 1.82) is 0 Å². The molecule has 0 aromatic rings. The van der Waals surface area contributed by atoms with E-state index in [1.807, 2.05) is 0 Å². The van der Waals surface area contributed by atoms with Gasteiger partial charge in [-0.25, -0.2) is 0 Å². The Morgan fingerprint density at radius 3 is 1.80 bits per heavy atom. The molecule has 0 aromatic heterocycles. The van der Waals surface area contributed by atoms with Gasteiger partial charge in [-0.05, 0) is 18.9 Å². The van der Waals surface area contributed by atoms with E-state index in [-0.39, 0.29) is 6.61 Å². The molecule has 0 saturated carbocycles. The van der Waals surface area contributed by atoms with E-state index in [1.165, 1.54) is 64.0 Å². The van der Waals surface area contributed by atoms with Crippen molar-refractivity contribution in [2.75, 3.05) is 6.61 Å². The third-order valence-electron chi connectivity index (χ3n) is 3.91. The van der Waals surface area contributed by atoms with Crippen LogP contribution in [0.5, 0.6) is 0 Å². The molecule has 1 N–H and O–H groups in total. The van der Waals surface area contributed by atoms with Crippen LogP contribution in [0.4, 0.5) is 0 Å². The van der Waals surface area contributed by atoms with E-state index < -0.39 is 5.60 Å². The van der Waals surface area contributed by atoms with Crippen molar-refractivity contribution in [3.05, 3.63) is 25.5 Å². The van der Waals surface area contributed by atoms with Crippen LogP contribution < -0.4 is 0 Å². The first-order valence-corrected chi connectivity index (χ1v) is 8.28. The fourth-order valence-electron chi connectivity index (χ4n) is 2.47. The van der Waals surface area contributed by atoms with Crippen molar-refractivity contribution >= 4 is 0 Å². The van der Waals surface area contributed by atoms with Crippen LogP contribution in [-0.4, -0.2) is 17.3 Å². The summed E-state index contributed by atoms with van der Waals surface area (Å²) >= 11 is 0. The molecule has 0 aromatic carbocycles. The normalized spacial score (nSPS) is 13.7. The highest BCUT2D eigenvalue weighted by atomic mass is 16.5. The zero-order valence-electron chi connectivity index (χ0n) is 13.4. The maximum atomic E-state index is 9.41. The highest BCUT2D eigenvalue weighted by Crippen LogP contribution is 2.22. The molecule has 0 heterocycles. The maximum Gasteiger partial charge on any atom is 0.149 e. The molecule has 0 aliphatic carbocycles. The Kier molecular flexibility index (Phi) is 12.7. The smallest absolute Gasteiger partial charge is 0.149 e. The Bertz CT molecular complexity index is 238. The number of rotatable bonds is 15. The van der Waals surface area contributed by atoms with Gasteiger partial charge in [-0.1, -0.05) is 77.9 Å². The van der Waals surface area contributed by atoms with Crippen LogP contribution in [0.25, 0.3) is 0 Å². The van der Waals surface area contributed by atoms with E-state index in [9.17, 15) is 5.11 Å². The van der Waals surface area contributed by atoms with E-state index in [2.05, 4.69) is 20.1 Å². The molecule has 20 heavy (non-hydrogen) atoms. The van der Waals surface area contributed by atoms with E-state index in [1.54, 1.807) is 6.08 Å². The average Bonchev–Trinajstić information content (AvgIpc) is 2.48. The first-order chi connectivity index (χ1) is 9.74. The predicted octanol–water partition coefficient (Wildman–Crippen LogP) is 5.37. The van der Waals surface area contributed by atoms with E-state index in [0.29, 0.717) is 0 Å². The minimum absolute atomic E-state index is 0.0278. The molecule has 0 bridgehead atoms. The van der Waals surface area contributed by atoms with Gasteiger partial charge in [0.2, 0.25) is 0 Å². The zero-order valence-corrected chi connectivity index (χ0v) is 13.4. The molecule has 0 aliphatic rings. The van der Waals surface area contributed by atoms with Gasteiger partial charge in [0.1, 0.15) is 5.60 Å². The monoisotopic (exact) mass is 282 g/mol. The molecule has 1 atom stereocenters. The molecule has 0 spiro atoms. The second-order valence-electron chi connectivity index (χ2n) is 5.64. The SMILES string of the molecule is C=COC(C=C)(CO)CCCCCCCCCCCC. The largest absolute Gasteiger partial charge is 0.489 e. The second kappa shape index (κ2) is 13.2. The van der Waals surface area contributed by atoms with Crippen molar-refractivity contribution in [2.24, 2.45) is 0 Å². The van der Waals surface area contributed by atoms with Crippen LogP contribution in [0, 0.1) is 0 Å². The third kappa shape index (κ3) is 9.19. The summed E-state index contributed by atoms with van der Waals surface area (Å²) in [6.45, 7) is 9.54. The maximum absolute atomic E-state index is 9.41. The summed E-state index contributed by atoms with van der Waals surface area (Å²) in [5.41, 5.74) is -0.623. The highest BCUT2D eigenvalue weighted by Gasteiger charge is 2.25. The van der Waals surface area contributed by atoms with Gasteiger partial charge in [0, 0.05) is 0 Å². The summed E-state index contributed by atoms with van der Waals surface area (Å²) in [6.07, 6.45) is 17.0. The fraction of sp³-hybridized carbons (Fsp3) is 0.778. The second-order valence-corrected chi connectivity index (χ2v) is 5.64. The summed E-state index contributed by atoms with van der Waals surface area (Å²) in [7, 11) is 0. The molecule has 118 valence electrons. The van der Waals surface area contributed by atoms with Crippen molar-refractivity contribution in [1.82, 2.24) is 0 Å². The zero-order chi connectivity index (χ0) is 15.1. The summed E-state index contributed by atoms with van der Waals surface area (Å²) in [4.78, 5) is 0. The number of hydrogen-bond acceptors (Lipinski definition) is 2. The standard InChI is InChI=1S/C18H34O2/c1-4-7-8-9-10-11-12-13-14-15-16-18(5-2,17-19)20-6-3/h5-6,19H,2-4,7-17H2,1H3. The number of aliphatic hydroxyl groups is 1. The van der Waals surface area contributed by atoms with Crippen molar-refractivity contribution < 1.29 is 9.84 Å². The van der Waals surface area contributed by atoms with E-state index >= 15 is 0 Å². The molecule has 2 nitrogen and oxygen atoms in total. The molecule has 0 radical (unpaired) electrons. The molecular formula is C18H34O2. The lowest BCUT2D eigenvalue weighted by molar-refractivity contribution is 0.00491. The van der Waals surface area contributed by atoms with E-state index in [0.717, 1.165) is 12.8 Å². The molecular weight excluding hydrogens is 248 g/mol. The van der Waals surface area contributed by atoms with Crippen molar-refractivity contribution in [3.8, 4) is 0 Å². The lowest BCUT2D eigenvalue weighted by Crippen LogP contribution is -2.32. The van der Waals surface area contributed by atoms with Gasteiger partial charge < -0.3 is 9.84 Å². The highest BCUT2D eigenvalue weighted by molar-refractivity contribution is 4.98. The number of hydrogen-bond donors (Lipinski definition) is 1. The Labute approximate surface area is 125 Å². The number of unbranched alkanes of at least 4 members (excludes halogenated alkanes) is 9. The third-order valence-corrected chi connectivity index (χ3v) is 3.91. The number of ether oxygens (including phenoxy) is 1. The minimum atomic E-state index is -0.623. The van der Waals surface area contributed by atoms with Gasteiger partial charge in [-0.2, -0.15) is 0 Å². The Morgan fingerprint density at radius 1 is 0.900 bits per heavy atom. The van der Waals surface area contributed by atoms with Crippen LogP contribution in [0.3, 0.4) is 0 Å². The molecule has 2 heteroatoms. The summed E-state index contributed by atoms with van der Waals surface area (Å²) in [6, 6.07) is 0. The van der Waals surface area contributed by atoms with Crippen LogP contribution >= 0.6 is 0 Å². The molecule has 0 rings (SSSR count). The average molecular weight is 282 g/mol. The molecule has 0 aliphatic heterocycles. The van der Waals surface area contributed by atoms with Gasteiger partial charge in [0.25, 0.3) is 0 Å². The van der Waals surface area contributed by atoms with Gasteiger partial charge >= 0.3 is 0 Å². The van der Waals surface area contributed by atoms with Gasteiger partial charge in [0.05, 0.1) is 12.9 Å². The summed E-state index contributed by atoms with van der Waals surface area (Å²) in [5, 5.41) is 9.41. The van der Waals surface area contributed by atoms with Crippen LogP contribution in [0.2, 0.25) is 0 Å². The Hall–Kier alpha value is -0.760. The van der Waals surface area contributed by atoms with Crippen LogP contribution in [-0.2, 0) is 4.74 Å². The lowest BCUT2D eigenvalue weighted by atomic mass is 9.96. The molecule has 0 saturated heterocycles. The molecule has 1 unspecified atom stereocenters. The van der Waals surface area contributed by atoms with Gasteiger partial charge in [-0.3, -0.25) is 0 Å². The van der Waals surface area contributed by atoms with Crippen molar-refractivity contribution in [2.45, 2.75) is 83.2 Å². The van der Waals surface area contributed by atoms with Crippen molar-refractivity contribution in [3.63, 3.8) is 0 Å². The first kappa shape index (κ1) is 19.2. The van der Waals surface area contributed by atoms with Crippen LogP contribution in [0.15, 0.2) is 25.5 Å². The summed E-state index contributed by atoms with van der Waals surface area (Å²) in [5.74, 6) is 0. The lowest BCUT2D eigenvalue weighted by Gasteiger charge is -2.27. The van der Waals surface area contributed by atoms with Crippen LogP contribution in [0.1, 0.15) is 77.6 Å². The first-order valence-electron chi connectivity index (χ1n) is 8.28. The van der Waals surface area contributed by atoms with E-state index in [4.69, 9.17) is 4.74 Å².